The molecule has 0 unspecified atom stereocenters. The van der Waals surface area contributed by atoms with Gasteiger partial charge in [-0.05, 0) is 67.6 Å². The van der Waals surface area contributed by atoms with Gasteiger partial charge in [-0.2, -0.15) is 0 Å². The van der Waals surface area contributed by atoms with Gasteiger partial charge in [-0.3, -0.25) is 4.79 Å². The number of nitrogens with zero attached hydrogens (tertiary/aromatic N) is 1. The van der Waals surface area contributed by atoms with E-state index in [1.807, 2.05) is 44.2 Å². The van der Waals surface area contributed by atoms with E-state index in [9.17, 15) is 8.42 Å². The highest BCUT2D eigenvalue weighted by Crippen LogP contribution is 2.42. The molecule has 0 radical (unpaired) electrons. The first kappa shape index (κ1) is 24.3. The molecule has 3 aromatic rings. The van der Waals surface area contributed by atoms with Crippen molar-refractivity contribution >= 4 is 38.6 Å². The Hall–Kier alpha value is -3.30. The van der Waals surface area contributed by atoms with Gasteiger partial charge in [-0.15, -0.1) is 0 Å². The van der Waals surface area contributed by atoms with Gasteiger partial charge in [0.15, 0.2) is 11.5 Å². The lowest BCUT2D eigenvalue weighted by atomic mass is 10.1. The molecule has 9 heteroatoms. The fourth-order valence-corrected chi connectivity index (χ4v) is 5.30. The summed E-state index contributed by atoms with van der Waals surface area (Å²) >= 11 is 0. The van der Waals surface area contributed by atoms with Crippen molar-refractivity contribution in [3.63, 3.8) is 0 Å². The highest BCUT2D eigenvalue weighted by atomic mass is 32.2. The fraction of sp³-hybridized carbons (Fsp3) is 0.292. The van der Waals surface area contributed by atoms with Crippen LogP contribution in [-0.4, -0.2) is 46.8 Å². The van der Waals surface area contributed by atoms with Crippen LogP contribution in [-0.2, 0) is 21.2 Å². The standard InChI is InChI=1S/C23H26N2O4S.CH2O2/c1-15(2)24-30(26,27)18-8-9-20-17(12-18)10-11-25(20)21-7-5-6-16-13-22(28-3)23(29-4)14-19(16)21;2-1-3/h5-9,12-15,24H,10-11H2,1-4H3;1H,(H,2,3). The third-order valence-electron chi connectivity index (χ3n) is 5.30. The SMILES string of the molecule is COc1cc2cccc(N3CCc4cc(S(=O)(=O)NC(C)C)ccc43)c2cc1OC.O=CO. The second-order valence-electron chi connectivity index (χ2n) is 7.78. The van der Waals surface area contributed by atoms with Gasteiger partial charge in [-0.25, -0.2) is 13.1 Å². The Bertz CT molecular complexity index is 1260. The van der Waals surface area contributed by atoms with Gasteiger partial charge < -0.3 is 19.5 Å². The molecule has 0 amide bonds. The van der Waals surface area contributed by atoms with Crippen molar-refractivity contribution in [3.8, 4) is 11.5 Å². The molecule has 33 heavy (non-hydrogen) atoms. The van der Waals surface area contributed by atoms with Crippen molar-refractivity contribution in [2.75, 3.05) is 25.7 Å². The van der Waals surface area contributed by atoms with Gasteiger partial charge in [0, 0.05) is 29.3 Å². The lowest BCUT2D eigenvalue weighted by molar-refractivity contribution is -0.122. The molecule has 0 saturated carbocycles. The molecule has 0 aliphatic carbocycles. The zero-order valence-corrected chi connectivity index (χ0v) is 19.8. The molecular formula is C24H28N2O6S. The maximum atomic E-state index is 12.5. The Balaban J connectivity index is 0.000000968. The normalized spacial score (nSPS) is 12.8. The summed E-state index contributed by atoms with van der Waals surface area (Å²) in [6.07, 6.45) is 0.782. The zero-order chi connectivity index (χ0) is 24.2. The van der Waals surface area contributed by atoms with E-state index in [2.05, 4.69) is 15.7 Å². The number of methoxy groups -OCH3 is 2. The van der Waals surface area contributed by atoms with Gasteiger partial charge in [-0.1, -0.05) is 12.1 Å². The van der Waals surface area contributed by atoms with E-state index in [-0.39, 0.29) is 12.5 Å². The quantitative estimate of drug-likeness (QED) is 0.524. The molecule has 8 nitrogen and oxygen atoms in total. The fourth-order valence-electron chi connectivity index (χ4n) is 4.00. The smallest absolute Gasteiger partial charge is 0.290 e. The number of nitrogens with one attached hydrogen (secondary N) is 1. The summed E-state index contributed by atoms with van der Waals surface area (Å²) in [5.41, 5.74) is 3.11. The minimum atomic E-state index is -3.51. The Morgan fingerprint density at radius 3 is 2.33 bits per heavy atom. The van der Waals surface area contributed by atoms with Crippen molar-refractivity contribution in [3.05, 3.63) is 54.1 Å². The highest BCUT2D eigenvalue weighted by Gasteiger charge is 2.25. The van der Waals surface area contributed by atoms with E-state index in [4.69, 9.17) is 19.4 Å². The van der Waals surface area contributed by atoms with Crippen molar-refractivity contribution in [2.45, 2.75) is 31.2 Å². The number of sulfonamides is 1. The lowest BCUT2D eigenvalue weighted by Crippen LogP contribution is -2.30. The van der Waals surface area contributed by atoms with Crippen LogP contribution < -0.4 is 19.1 Å². The molecule has 176 valence electrons. The highest BCUT2D eigenvalue weighted by molar-refractivity contribution is 7.89. The van der Waals surface area contributed by atoms with Crippen LogP contribution in [0.4, 0.5) is 11.4 Å². The molecule has 0 atom stereocenters. The average molecular weight is 473 g/mol. The summed E-state index contributed by atoms with van der Waals surface area (Å²) in [5, 5.41) is 9.00. The molecule has 0 fully saturated rings. The van der Waals surface area contributed by atoms with Gasteiger partial charge >= 0.3 is 0 Å². The zero-order valence-electron chi connectivity index (χ0n) is 19.0. The van der Waals surface area contributed by atoms with Crippen LogP contribution in [0, 0.1) is 0 Å². The second-order valence-corrected chi connectivity index (χ2v) is 9.49. The lowest BCUT2D eigenvalue weighted by Gasteiger charge is -2.22. The molecule has 4 rings (SSSR count). The molecule has 0 saturated heterocycles. The Morgan fingerprint density at radius 1 is 1.03 bits per heavy atom. The largest absolute Gasteiger partial charge is 0.493 e. The van der Waals surface area contributed by atoms with E-state index in [1.165, 1.54) is 0 Å². The van der Waals surface area contributed by atoms with Crippen LogP contribution >= 0.6 is 0 Å². The predicted octanol–water partition coefficient (Wildman–Crippen LogP) is 3.94. The third kappa shape index (κ3) is 5.04. The Kier molecular flexibility index (Phi) is 7.45. The van der Waals surface area contributed by atoms with Crippen molar-refractivity contribution in [2.24, 2.45) is 0 Å². The van der Waals surface area contributed by atoms with E-state index in [0.29, 0.717) is 16.4 Å². The van der Waals surface area contributed by atoms with Crippen molar-refractivity contribution in [1.29, 1.82) is 0 Å². The summed E-state index contributed by atoms with van der Waals surface area (Å²) in [7, 11) is -0.255. The minimum Gasteiger partial charge on any atom is -0.493 e. The predicted molar refractivity (Wildman–Crippen MR) is 128 cm³/mol. The molecule has 0 spiro atoms. The summed E-state index contributed by atoms with van der Waals surface area (Å²) in [6.45, 7) is 4.16. The van der Waals surface area contributed by atoms with Crippen LogP contribution in [0.5, 0.6) is 11.5 Å². The molecule has 1 aliphatic rings. The van der Waals surface area contributed by atoms with E-state index < -0.39 is 10.0 Å². The second kappa shape index (κ2) is 10.1. The number of anilines is 2. The monoisotopic (exact) mass is 472 g/mol. The van der Waals surface area contributed by atoms with Crippen molar-refractivity contribution < 1.29 is 27.8 Å². The van der Waals surface area contributed by atoms with E-state index in [1.54, 1.807) is 26.4 Å². The van der Waals surface area contributed by atoms with Crippen molar-refractivity contribution in [1.82, 2.24) is 4.72 Å². The number of carboxylic acid groups (broad SMARTS) is 1. The van der Waals surface area contributed by atoms with Gasteiger partial charge in [0.05, 0.1) is 19.1 Å². The first-order valence-electron chi connectivity index (χ1n) is 10.4. The maximum absolute atomic E-state index is 12.5. The summed E-state index contributed by atoms with van der Waals surface area (Å²) in [6, 6.07) is 15.3. The summed E-state index contributed by atoms with van der Waals surface area (Å²) in [5.74, 6) is 1.37. The average Bonchev–Trinajstić information content (AvgIpc) is 3.20. The number of hydrogen-bond acceptors (Lipinski definition) is 6. The van der Waals surface area contributed by atoms with Gasteiger partial charge in [0.25, 0.3) is 6.47 Å². The molecule has 0 bridgehead atoms. The summed E-state index contributed by atoms with van der Waals surface area (Å²) < 4.78 is 38.7. The third-order valence-corrected chi connectivity index (χ3v) is 6.96. The van der Waals surface area contributed by atoms with Crippen LogP contribution in [0.15, 0.2) is 53.4 Å². The number of fused-ring (bicyclic) bond motifs is 2. The number of hydrogen-bond donors (Lipinski definition) is 2. The number of rotatable bonds is 6. The molecule has 0 aromatic heterocycles. The van der Waals surface area contributed by atoms with E-state index in [0.717, 1.165) is 40.7 Å². The van der Waals surface area contributed by atoms with E-state index >= 15 is 0 Å². The molecule has 2 N–H and O–H groups in total. The van der Waals surface area contributed by atoms with Crippen LogP contribution in [0.2, 0.25) is 0 Å². The number of ether oxygens (including phenoxy) is 2. The van der Waals surface area contributed by atoms with Crippen LogP contribution in [0.25, 0.3) is 10.8 Å². The molecule has 1 heterocycles. The van der Waals surface area contributed by atoms with Gasteiger partial charge in [0.2, 0.25) is 10.0 Å². The van der Waals surface area contributed by atoms with Crippen LogP contribution in [0.3, 0.4) is 0 Å². The van der Waals surface area contributed by atoms with Crippen LogP contribution in [0.1, 0.15) is 19.4 Å². The summed E-state index contributed by atoms with van der Waals surface area (Å²) in [4.78, 5) is 10.9. The first-order chi connectivity index (χ1) is 15.7. The maximum Gasteiger partial charge on any atom is 0.290 e. The first-order valence-corrected chi connectivity index (χ1v) is 11.9. The minimum absolute atomic E-state index is 0.151. The Labute approximate surface area is 193 Å². The number of benzene rings is 3. The molecular weight excluding hydrogens is 444 g/mol. The van der Waals surface area contributed by atoms with Gasteiger partial charge in [0.1, 0.15) is 0 Å². The topological polar surface area (TPSA) is 105 Å². The Morgan fingerprint density at radius 2 is 1.70 bits per heavy atom. The molecule has 3 aromatic carbocycles. The number of carbonyl (C=O) groups is 1. The molecule has 1 aliphatic heterocycles.